The number of benzene rings is 2. The average Bonchev–Trinajstić information content (AvgIpc) is 3.07. The Balaban J connectivity index is 1.55. The van der Waals surface area contributed by atoms with Gasteiger partial charge in [0.05, 0.1) is 17.3 Å². The quantitative estimate of drug-likeness (QED) is 0.810. The van der Waals surface area contributed by atoms with Crippen LogP contribution in [0.15, 0.2) is 42.5 Å². The van der Waals surface area contributed by atoms with Gasteiger partial charge in [0.1, 0.15) is 6.04 Å². The number of amides is 3. The van der Waals surface area contributed by atoms with Gasteiger partial charge in [-0.25, -0.2) is 0 Å². The van der Waals surface area contributed by atoms with Gasteiger partial charge in [0.2, 0.25) is 5.91 Å². The lowest BCUT2D eigenvalue weighted by atomic mass is 10.1. The highest BCUT2D eigenvalue weighted by atomic mass is 35.5. The van der Waals surface area contributed by atoms with Crippen LogP contribution in [-0.2, 0) is 4.79 Å². The smallest absolute Gasteiger partial charge is 0.256 e. The van der Waals surface area contributed by atoms with Crippen molar-refractivity contribution in [3.63, 3.8) is 0 Å². The molecule has 2 heterocycles. The summed E-state index contributed by atoms with van der Waals surface area (Å²) in [5, 5.41) is 6.15. The third-order valence-electron chi connectivity index (χ3n) is 5.36. The molecule has 1 fully saturated rings. The number of hydrogen-bond acceptors (Lipinski definition) is 4. The molecular weight excluding hydrogens is 392 g/mol. The van der Waals surface area contributed by atoms with E-state index in [2.05, 4.69) is 10.6 Å². The van der Waals surface area contributed by atoms with Gasteiger partial charge in [-0.05, 0) is 48.9 Å². The van der Waals surface area contributed by atoms with E-state index in [0.717, 1.165) is 5.69 Å². The minimum Gasteiger partial charge on any atom is -0.378 e. The van der Waals surface area contributed by atoms with Crippen LogP contribution in [0.25, 0.3) is 0 Å². The summed E-state index contributed by atoms with van der Waals surface area (Å²) in [5.41, 5.74) is 2.28. The van der Waals surface area contributed by atoms with Crippen LogP contribution in [0, 0.1) is 0 Å². The molecule has 8 heteroatoms. The second-order valence-electron chi connectivity index (χ2n) is 7.43. The van der Waals surface area contributed by atoms with Gasteiger partial charge in [0.15, 0.2) is 0 Å². The van der Waals surface area contributed by atoms with Crippen LogP contribution in [0.4, 0.5) is 11.4 Å². The van der Waals surface area contributed by atoms with Gasteiger partial charge >= 0.3 is 0 Å². The van der Waals surface area contributed by atoms with Crippen molar-refractivity contribution >= 4 is 40.7 Å². The Morgan fingerprint density at radius 2 is 1.90 bits per heavy atom. The molecule has 2 unspecified atom stereocenters. The molecule has 2 atom stereocenters. The number of nitrogens with zero attached hydrogens (tertiary/aromatic N) is 2. The van der Waals surface area contributed by atoms with E-state index >= 15 is 0 Å². The van der Waals surface area contributed by atoms with E-state index in [1.165, 1.54) is 4.90 Å². The largest absolute Gasteiger partial charge is 0.378 e. The van der Waals surface area contributed by atoms with Crippen molar-refractivity contribution in [1.82, 2.24) is 10.2 Å². The summed E-state index contributed by atoms with van der Waals surface area (Å²) in [6, 6.07) is 10.8. The number of hydrogen-bond donors (Lipinski definition) is 2. The second kappa shape index (κ2) is 7.40. The number of rotatable bonds is 3. The monoisotopic (exact) mass is 412 g/mol. The van der Waals surface area contributed by atoms with Crippen LogP contribution >= 0.6 is 11.6 Å². The van der Waals surface area contributed by atoms with Crippen LogP contribution in [0.1, 0.15) is 27.1 Å². The first-order chi connectivity index (χ1) is 13.8. The van der Waals surface area contributed by atoms with E-state index in [4.69, 9.17) is 11.6 Å². The molecule has 2 aliphatic rings. The van der Waals surface area contributed by atoms with E-state index in [9.17, 15) is 14.4 Å². The second-order valence-corrected chi connectivity index (χ2v) is 7.87. The van der Waals surface area contributed by atoms with E-state index in [0.29, 0.717) is 34.8 Å². The van der Waals surface area contributed by atoms with Gasteiger partial charge in [-0.15, -0.1) is 0 Å². The molecular formula is C21H21ClN4O3. The van der Waals surface area contributed by atoms with Crippen molar-refractivity contribution in [2.75, 3.05) is 30.9 Å². The molecule has 3 amide bonds. The van der Waals surface area contributed by atoms with Gasteiger partial charge in [-0.3, -0.25) is 14.4 Å². The van der Waals surface area contributed by atoms with Gasteiger partial charge in [0, 0.05) is 36.9 Å². The maximum atomic E-state index is 13.0. The first kappa shape index (κ1) is 19.3. The van der Waals surface area contributed by atoms with Crippen LogP contribution in [0.3, 0.4) is 0 Å². The summed E-state index contributed by atoms with van der Waals surface area (Å²) < 4.78 is 0. The zero-order valence-corrected chi connectivity index (χ0v) is 16.9. The van der Waals surface area contributed by atoms with Crippen molar-refractivity contribution in [2.24, 2.45) is 0 Å². The minimum absolute atomic E-state index is 0.243. The molecule has 0 aliphatic carbocycles. The number of anilines is 2. The highest BCUT2D eigenvalue weighted by molar-refractivity contribution is 6.31. The molecule has 2 aromatic rings. The predicted molar refractivity (Wildman–Crippen MR) is 112 cm³/mol. The lowest BCUT2D eigenvalue weighted by Crippen LogP contribution is -2.51. The Hall–Kier alpha value is -3.06. The molecule has 2 aliphatic heterocycles. The molecule has 7 nitrogen and oxygen atoms in total. The first-order valence-electron chi connectivity index (χ1n) is 9.35. The topological polar surface area (TPSA) is 81.8 Å². The summed E-state index contributed by atoms with van der Waals surface area (Å²) in [7, 11) is 3.85. The SMILES string of the molecule is CN(C)c1ccc(C(=O)NC2CCN3C(=O)c4ccc(Cl)cc4NC(=O)C23)cc1. The van der Waals surface area contributed by atoms with Crippen LogP contribution in [0.5, 0.6) is 0 Å². The Labute approximate surface area is 173 Å². The Morgan fingerprint density at radius 3 is 2.59 bits per heavy atom. The molecule has 1 saturated heterocycles. The number of nitrogens with one attached hydrogen (secondary N) is 2. The molecule has 0 radical (unpaired) electrons. The molecule has 29 heavy (non-hydrogen) atoms. The fourth-order valence-corrected chi connectivity index (χ4v) is 4.00. The fraction of sp³-hybridized carbons (Fsp3) is 0.286. The molecule has 2 N–H and O–H groups in total. The van der Waals surface area contributed by atoms with Crippen molar-refractivity contribution in [2.45, 2.75) is 18.5 Å². The first-order valence-corrected chi connectivity index (χ1v) is 9.72. The van der Waals surface area contributed by atoms with Crippen LogP contribution in [0.2, 0.25) is 5.02 Å². The maximum Gasteiger partial charge on any atom is 0.256 e. The van der Waals surface area contributed by atoms with Crippen molar-refractivity contribution in [3.8, 4) is 0 Å². The van der Waals surface area contributed by atoms with Crippen molar-refractivity contribution in [3.05, 3.63) is 58.6 Å². The normalized spacial score (nSPS) is 20.4. The van der Waals surface area contributed by atoms with E-state index < -0.39 is 12.1 Å². The Morgan fingerprint density at radius 1 is 1.17 bits per heavy atom. The van der Waals surface area contributed by atoms with Crippen LogP contribution in [-0.4, -0.2) is 55.3 Å². The molecule has 4 rings (SSSR count). The molecule has 0 saturated carbocycles. The fourth-order valence-electron chi connectivity index (χ4n) is 3.83. The molecule has 0 aromatic heterocycles. The molecule has 2 aromatic carbocycles. The minimum atomic E-state index is -0.765. The van der Waals surface area contributed by atoms with E-state index in [1.54, 1.807) is 30.3 Å². The Kier molecular flexibility index (Phi) is 4.92. The maximum absolute atomic E-state index is 13.0. The third-order valence-corrected chi connectivity index (χ3v) is 5.59. The summed E-state index contributed by atoms with van der Waals surface area (Å²) >= 11 is 6.01. The highest BCUT2D eigenvalue weighted by Gasteiger charge is 2.45. The van der Waals surface area contributed by atoms with Gasteiger partial charge < -0.3 is 20.4 Å². The van der Waals surface area contributed by atoms with Crippen molar-refractivity contribution in [1.29, 1.82) is 0 Å². The van der Waals surface area contributed by atoms with E-state index in [-0.39, 0.29) is 17.7 Å². The Bertz CT molecular complexity index is 990. The van der Waals surface area contributed by atoms with Gasteiger partial charge in [-0.1, -0.05) is 11.6 Å². The molecule has 0 spiro atoms. The average molecular weight is 413 g/mol. The zero-order valence-electron chi connectivity index (χ0n) is 16.1. The van der Waals surface area contributed by atoms with Gasteiger partial charge in [-0.2, -0.15) is 0 Å². The molecule has 0 bridgehead atoms. The third kappa shape index (κ3) is 3.53. The highest BCUT2D eigenvalue weighted by Crippen LogP contribution is 2.31. The summed E-state index contributed by atoms with van der Waals surface area (Å²) in [4.78, 5) is 42.0. The zero-order chi connectivity index (χ0) is 20.7. The number of fused-ring (bicyclic) bond motifs is 2. The number of halogens is 1. The van der Waals surface area contributed by atoms with E-state index in [1.807, 2.05) is 31.1 Å². The standard InChI is InChI=1S/C21H21ClN4O3/c1-25(2)14-6-3-12(4-7-14)19(27)23-16-9-10-26-18(16)20(28)24-17-11-13(22)5-8-15(17)21(26)29/h3-8,11,16,18H,9-10H2,1-2H3,(H,23,27)(H,24,28). The van der Waals surface area contributed by atoms with Crippen molar-refractivity contribution < 1.29 is 14.4 Å². The lowest BCUT2D eigenvalue weighted by molar-refractivity contribution is -0.120. The lowest BCUT2D eigenvalue weighted by Gasteiger charge is -2.25. The number of carbonyl (C=O) groups is 3. The summed E-state index contributed by atoms with van der Waals surface area (Å²) in [6.45, 7) is 0.392. The molecule has 150 valence electrons. The van der Waals surface area contributed by atoms with Crippen LogP contribution < -0.4 is 15.5 Å². The van der Waals surface area contributed by atoms with Gasteiger partial charge in [0.25, 0.3) is 11.8 Å². The predicted octanol–water partition coefficient (Wildman–Crippen LogP) is 2.37. The summed E-state index contributed by atoms with van der Waals surface area (Å²) in [6.07, 6.45) is 0.508. The summed E-state index contributed by atoms with van der Waals surface area (Å²) in [5.74, 6) is -0.843. The number of carbonyl (C=O) groups excluding carboxylic acids is 3.